The summed E-state index contributed by atoms with van der Waals surface area (Å²) in [6.45, 7) is -0.101. The minimum atomic E-state index is -1.67. The second-order valence-corrected chi connectivity index (χ2v) is 3.71. The molecule has 0 saturated heterocycles. The van der Waals surface area contributed by atoms with E-state index in [9.17, 15) is 4.39 Å². The molecule has 84 valence electrons. The van der Waals surface area contributed by atoms with Gasteiger partial charge in [-0.05, 0) is 11.6 Å². The van der Waals surface area contributed by atoms with Crippen LogP contribution in [0.1, 0.15) is 11.3 Å². The zero-order valence-corrected chi connectivity index (χ0v) is 9.10. The lowest BCUT2D eigenvalue weighted by Gasteiger charge is -2.24. The Bertz CT molecular complexity index is 466. The quantitative estimate of drug-likeness (QED) is 0.852. The van der Waals surface area contributed by atoms with Crippen LogP contribution in [-0.4, -0.2) is 16.3 Å². The van der Waals surface area contributed by atoms with Crippen molar-refractivity contribution < 1.29 is 4.39 Å². The van der Waals surface area contributed by atoms with Gasteiger partial charge in [0, 0.05) is 19.8 Å². The molecule has 0 bridgehead atoms. The van der Waals surface area contributed by atoms with Crippen LogP contribution in [0.2, 0.25) is 0 Å². The second kappa shape index (κ2) is 4.06. The first-order valence-corrected chi connectivity index (χ1v) is 5.11. The van der Waals surface area contributed by atoms with E-state index in [1.54, 1.807) is 43.6 Å². The molecule has 1 heterocycles. The average molecular weight is 219 g/mol. The van der Waals surface area contributed by atoms with Gasteiger partial charge in [-0.25, -0.2) is 4.39 Å². The van der Waals surface area contributed by atoms with Crippen LogP contribution in [0.3, 0.4) is 0 Å². The van der Waals surface area contributed by atoms with Gasteiger partial charge in [0.2, 0.25) is 0 Å². The Balaban J connectivity index is 2.53. The molecule has 3 nitrogen and oxygen atoms in total. The van der Waals surface area contributed by atoms with Crippen molar-refractivity contribution in [2.24, 2.45) is 12.8 Å². The standard InChI is InChI=1S/C12H14FN3/c1-16-11(7-8-15-16)12(13,9-14)10-5-3-2-4-6-10/h2-8H,9,14H2,1H3. The summed E-state index contributed by atoms with van der Waals surface area (Å²) in [7, 11) is 1.71. The zero-order valence-electron chi connectivity index (χ0n) is 9.10. The van der Waals surface area contributed by atoms with Crippen LogP contribution in [0.15, 0.2) is 42.6 Å². The Morgan fingerprint density at radius 2 is 2.00 bits per heavy atom. The average Bonchev–Trinajstić information content (AvgIpc) is 2.76. The van der Waals surface area contributed by atoms with Crippen LogP contribution in [0.4, 0.5) is 4.39 Å². The third kappa shape index (κ3) is 1.61. The molecule has 4 heteroatoms. The summed E-state index contributed by atoms with van der Waals surface area (Å²) >= 11 is 0. The van der Waals surface area contributed by atoms with E-state index in [0.717, 1.165) is 0 Å². The molecule has 1 atom stereocenters. The molecule has 0 radical (unpaired) electrons. The fraction of sp³-hybridized carbons (Fsp3) is 0.250. The van der Waals surface area contributed by atoms with Crippen molar-refractivity contribution >= 4 is 0 Å². The monoisotopic (exact) mass is 219 g/mol. The first-order valence-electron chi connectivity index (χ1n) is 5.11. The lowest BCUT2D eigenvalue weighted by molar-refractivity contribution is 0.217. The first-order chi connectivity index (χ1) is 7.68. The number of aryl methyl sites for hydroxylation is 1. The van der Waals surface area contributed by atoms with E-state index in [2.05, 4.69) is 5.10 Å². The Morgan fingerprint density at radius 3 is 2.50 bits per heavy atom. The van der Waals surface area contributed by atoms with Crippen molar-refractivity contribution in [1.82, 2.24) is 9.78 Å². The summed E-state index contributed by atoms with van der Waals surface area (Å²) < 4.78 is 16.4. The van der Waals surface area contributed by atoms with E-state index in [1.165, 1.54) is 4.68 Å². The topological polar surface area (TPSA) is 43.8 Å². The van der Waals surface area contributed by atoms with Crippen LogP contribution in [-0.2, 0) is 12.7 Å². The largest absolute Gasteiger partial charge is 0.327 e. The maximum absolute atomic E-state index is 14.9. The molecule has 0 aliphatic carbocycles. The van der Waals surface area contributed by atoms with Gasteiger partial charge in [-0.3, -0.25) is 4.68 Å². The van der Waals surface area contributed by atoms with Gasteiger partial charge in [0.15, 0.2) is 5.67 Å². The van der Waals surface area contributed by atoms with Crippen LogP contribution >= 0.6 is 0 Å². The molecule has 0 amide bonds. The number of hydrogen-bond acceptors (Lipinski definition) is 2. The van der Waals surface area contributed by atoms with E-state index in [0.29, 0.717) is 11.3 Å². The summed E-state index contributed by atoms with van der Waals surface area (Å²) in [5, 5.41) is 3.98. The molecule has 0 aliphatic heterocycles. The molecule has 2 aromatic rings. The molecule has 1 unspecified atom stereocenters. The highest BCUT2D eigenvalue weighted by atomic mass is 19.1. The van der Waals surface area contributed by atoms with Crippen LogP contribution in [0.25, 0.3) is 0 Å². The smallest absolute Gasteiger partial charge is 0.189 e. The number of alkyl halides is 1. The van der Waals surface area contributed by atoms with Gasteiger partial charge in [0.05, 0.1) is 5.69 Å². The molecule has 1 aromatic heterocycles. The number of halogens is 1. The Hall–Kier alpha value is -1.68. The summed E-state index contributed by atoms with van der Waals surface area (Å²) in [5.41, 5.74) is 4.94. The van der Waals surface area contributed by atoms with Crippen molar-refractivity contribution in [3.8, 4) is 0 Å². The molecule has 0 spiro atoms. The van der Waals surface area contributed by atoms with Gasteiger partial charge in [0.1, 0.15) is 0 Å². The number of nitrogens with zero attached hydrogens (tertiary/aromatic N) is 2. The molecule has 2 rings (SSSR count). The molecule has 0 saturated carbocycles. The Kier molecular flexibility index (Phi) is 2.75. The number of nitrogens with two attached hydrogens (primary N) is 1. The van der Waals surface area contributed by atoms with E-state index >= 15 is 0 Å². The normalized spacial score (nSPS) is 14.7. The molecule has 1 aromatic carbocycles. The molecule has 2 N–H and O–H groups in total. The van der Waals surface area contributed by atoms with E-state index < -0.39 is 5.67 Å². The number of hydrogen-bond donors (Lipinski definition) is 1. The Labute approximate surface area is 93.7 Å². The maximum atomic E-state index is 14.9. The van der Waals surface area contributed by atoms with Crippen molar-refractivity contribution in [1.29, 1.82) is 0 Å². The van der Waals surface area contributed by atoms with Crippen LogP contribution < -0.4 is 5.73 Å². The van der Waals surface area contributed by atoms with Crippen LogP contribution in [0.5, 0.6) is 0 Å². The predicted molar refractivity (Wildman–Crippen MR) is 60.6 cm³/mol. The summed E-state index contributed by atoms with van der Waals surface area (Å²) in [4.78, 5) is 0. The zero-order chi connectivity index (χ0) is 11.6. The molecular weight excluding hydrogens is 205 g/mol. The van der Waals surface area contributed by atoms with Gasteiger partial charge in [-0.1, -0.05) is 30.3 Å². The first kappa shape index (κ1) is 10.8. The fourth-order valence-corrected chi connectivity index (χ4v) is 1.84. The summed E-state index contributed by atoms with van der Waals surface area (Å²) in [5.74, 6) is 0. The fourth-order valence-electron chi connectivity index (χ4n) is 1.84. The molecule has 0 fully saturated rings. The maximum Gasteiger partial charge on any atom is 0.189 e. The lowest BCUT2D eigenvalue weighted by Crippen LogP contribution is -2.33. The minimum absolute atomic E-state index is 0.101. The van der Waals surface area contributed by atoms with Gasteiger partial charge >= 0.3 is 0 Å². The van der Waals surface area contributed by atoms with Crippen LogP contribution in [0, 0.1) is 0 Å². The Morgan fingerprint density at radius 1 is 1.31 bits per heavy atom. The van der Waals surface area contributed by atoms with Gasteiger partial charge < -0.3 is 5.73 Å². The third-order valence-corrected chi connectivity index (χ3v) is 2.74. The molecule has 0 aliphatic rings. The summed E-state index contributed by atoms with van der Waals surface area (Å²) in [6, 6.07) is 10.6. The highest BCUT2D eigenvalue weighted by molar-refractivity contribution is 5.32. The number of rotatable bonds is 3. The predicted octanol–water partition coefficient (Wildman–Crippen LogP) is 1.59. The van der Waals surface area contributed by atoms with Gasteiger partial charge in [-0.2, -0.15) is 5.10 Å². The van der Waals surface area contributed by atoms with Crippen molar-refractivity contribution in [3.05, 3.63) is 53.9 Å². The summed E-state index contributed by atoms with van der Waals surface area (Å²) in [6.07, 6.45) is 1.57. The SMILES string of the molecule is Cn1nccc1C(F)(CN)c1ccccc1. The number of aromatic nitrogens is 2. The van der Waals surface area contributed by atoms with Crippen molar-refractivity contribution in [2.75, 3.05) is 6.54 Å². The number of benzene rings is 1. The third-order valence-electron chi connectivity index (χ3n) is 2.74. The highest BCUT2D eigenvalue weighted by Gasteiger charge is 2.35. The molecule has 16 heavy (non-hydrogen) atoms. The second-order valence-electron chi connectivity index (χ2n) is 3.71. The van der Waals surface area contributed by atoms with Gasteiger partial charge in [-0.15, -0.1) is 0 Å². The van der Waals surface area contributed by atoms with E-state index in [4.69, 9.17) is 5.73 Å². The van der Waals surface area contributed by atoms with E-state index in [1.807, 2.05) is 6.07 Å². The lowest BCUT2D eigenvalue weighted by atomic mass is 9.92. The van der Waals surface area contributed by atoms with Crippen molar-refractivity contribution in [2.45, 2.75) is 5.67 Å². The van der Waals surface area contributed by atoms with E-state index in [-0.39, 0.29) is 6.54 Å². The highest BCUT2D eigenvalue weighted by Crippen LogP contribution is 2.32. The van der Waals surface area contributed by atoms with Gasteiger partial charge in [0.25, 0.3) is 0 Å². The molecular formula is C12H14FN3. The minimum Gasteiger partial charge on any atom is -0.327 e. The van der Waals surface area contributed by atoms with Crippen molar-refractivity contribution in [3.63, 3.8) is 0 Å².